The van der Waals surface area contributed by atoms with Crippen LogP contribution < -0.4 is 15.6 Å². The molecule has 0 atom stereocenters. The summed E-state index contributed by atoms with van der Waals surface area (Å²) in [6.07, 6.45) is 0. The van der Waals surface area contributed by atoms with Crippen LogP contribution >= 0.6 is 15.9 Å². The van der Waals surface area contributed by atoms with Gasteiger partial charge in [-0.3, -0.25) is 0 Å². The van der Waals surface area contributed by atoms with Gasteiger partial charge in [0.25, 0.3) is 0 Å². The van der Waals surface area contributed by atoms with E-state index in [2.05, 4.69) is 127 Å². The standard InChI is InChI=1S/C27H23BrSi/c1-27(2)25-17-19(28)13-15-23(25)24-16-14-22(18-26(24)27)29(20-9-5-3-6-10-20)21-11-7-4-8-12-21/h3-18,29H,1-2H3. The van der Waals surface area contributed by atoms with E-state index in [0.717, 1.165) is 4.47 Å². The third-order valence-corrected chi connectivity index (χ3v) is 9.88. The number of halogens is 1. The van der Waals surface area contributed by atoms with E-state index >= 15 is 0 Å². The van der Waals surface area contributed by atoms with E-state index in [0.29, 0.717) is 0 Å². The zero-order chi connectivity index (χ0) is 20.0. The van der Waals surface area contributed by atoms with Crippen LogP contribution in [0.5, 0.6) is 0 Å². The second kappa shape index (κ2) is 7.12. The first-order chi connectivity index (χ1) is 14.1. The Hall–Kier alpha value is -2.42. The second-order valence-electron chi connectivity index (χ2n) is 8.37. The predicted octanol–water partition coefficient (Wildman–Crippen LogP) is 5.00. The molecule has 0 unspecified atom stereocenters. The highest BCUT2D eigenvalue weighted by Gasteiger charge is 2.36. The number of hydrogen-bond acceptors (Lipinski definition) is 0. The lowest BCUT2D eigenvalue weighted by atomic mass is 9.82. The average molecular weight is 455 g/mol. The third-order valence-electron chi connectivity index (χ3n) is 6.26. The van der Waals surface area contributed by atoms with Gasteiger partial charge in [0.2, 0.25) is 0 Å². The van der Waals surface area contributed by atoms with E-state index in [1.54, 1.807) is 0 Å². The molecule has 0 N–H and O–H groups in total. The van der Waals surface area contributed by atoms with Gasteiger partial charge >= 0.3 is 0 Å². The lowest BCUT2D eigenvalue weighted by Crippen LogP contribution is -2.52. The quantitative estimate of drug-likeness (QED) is 0.301. The number of benzene rings is 4. The van der Waals surface area contributed by atoms with E-state index in [9.17, 15) is 0 Å². The highest BCUT2D eigenvalue weighted by atomic mass is 79.9. The van der Waals surface area contributed by atoms with Crippen molar-refractivity contribution in [2.24, 2.45) is 0 Å². The van der Waals surface area contributed by atoms with Crippen molar-refractivity contribution in [2.75, 3.05) is 0 Å². The molecule has 142 valence electrons. The minimum Gasteiger partial charge on any atom is -0.0625 e. The topological polar surface area (TPSA) is 0 Å². The van der Waals surface area contributed by atoms with Crippen molar-refractivity contribution in [3.63, 3.8) is 0 Å². The zero-order valence-electron chi connectivity index (χ0n) is 16.7. The zero-order valence-corrected chi connectivity index (χ0v) is 19.4. The van der Waals surface area contributed by atoms with E-state index < -0.39 is 8.80 Å². The summed E-state index contributed by atoms with van der Waals surface area (Å²) in [5.74, 6) is 0. The average Bonchev–Trinajstić information content (AvgIpc) is 2.96. The molecule has 0 bridgehead atoms. The largest absolute Gasteiger partial charge is 0.132 e. The smallest absolute Gasteiger partial charge is 0.0625 e. The SMILES string of the molecule is CC1(C)c2cc(Br)ccc2-c2ccc([SiH](c3ccccc3)c3ccccc3)cc21. The Kier molecular flexibility index (Phi) is 4.57. The lowest BCUT2D eigenvalue weighted by Gasteiger charge is -2.24. The van der Waals surface area contributed by atoms with Gasteiger partial charge < -0.3 is 0 Å². The molecule has 0 amide bonds. The molecule has 0 radical (unpaired) electrons. The van der Waals surface area contributed by atoms with Crippen LogP contribution in [0.3, 0.4) is 0 Å². The Morgan fingerprint density at radius 3 is 1.69 bits per heavy atom. The van der Waals surface area contributed by atoms with Crippen molar-refractivity contribution >= 4 is 40.3 Å². The summed E-state index contributed by atoms with van der Waals surface area (Å²) in [7, 11) is -1.52. The Labute approximate surface area is 183 Å². The van der Waals surface area contributed by atoms with Crippen molar-refractivity contribution in [1.29, 1.82) is 0 Å². The van der Waals surface area contributed by atoms with E-state index in [1.807, 2.05) is 0 Å². The summed E-state index contributed by atoms with van der Waals surface area (Å²) in [6.45, 7) is 4.71. The van der Waals surface area contributed by atoms with E-state index in [1.165, 1.54) is 37.8 Å². The first kappa shape index (κ1) is 18.6. The Morgan fingerprint density at radius 1 is 0.586 bits per heavy atom. The molecule has 0 spiro atoms. The third kappa shape index (κ3) is 3.11. The van der Waals surface area contributed by atoms with Crippen molar-refractivity contribution < 1.29 is 0 Å². The van der Waals surface area contributed by atoms with Crippen LogP contribution in [0, 0.1) is 0 Å². The first-order valence-electron chi connectivity index (χ1n) is 10.1. The van der Waals surface area contributed by atoms with Crippen LogP contribution in [0.15, 0.2) is 102 Å². The van der Waals surface area contributed by atoms with Gasteiger partial charge in [0.1, 0.15) is 8.80 Å². The molecule has 4 aromatic rings. The molecule has 0 aromatic heterocycles. The van der Waals surface area contributed by atoms with Gasteiger partial charge in [-0.2, -0.15) is 0 Å². The minimum atomic E-state index is -1.52. The summed E-state index contributed by atoms with van der Waals surface area (Å²) in [5.41, 5.74) is 5.63. The fourth-order valence-electron chi connectivity index (χ4n) is 4.78. The summed E-state index contributed by atoms with van der Waals surface area (Å²) in [6, 6.07) is 36.0. The molecule has 1 aliphatic rings. The van der Waals surface area contributed by atoms with Crippen molar-refractivity contribution in [3.8, 4) is 11.1 Å². The van der Waals surface area contributed by atoms with Gasteiger partial charge in [0.15, 0.2) is 0 Å². The fraction of sp³-hybridized carbons (Fsp3) is 0.111. The molecule has 4 aromatic carbocycles. The Bertz CT molecular complexity index is 1140. The van der Waals surface area contributed by atoms with Crippen LogP contribution in [0.4, 0.5) is 0 Å². The molecule has 0 saturated heterocycles. The van der Waals surface area contributed by atoms with Gasteiger partial charge in [-0.05, 0) is 34.4 Å². The maximum absolute atomic E-state index is 3.67. The number of hydrogen-bond donors (Lipinski definition) is 0. The molecular formula is C27H23BrSi. The summed E-state index contributed by atoms with van der Waals surface area (Å²) in [5, 5.41) is 4.42. The van der Waals surface area contributed by atoms with Gasteiger partial charge in [-0.15, -0.1) is 0 Å². The van der Waals surface area contributed by atoms with Crippen molar-refractivity contribution in [2.45, 2.75) is 19.3 Å². The van der Waals surface area contributed by atoms with Crippen LogP contribution in [0.1, 0.15) is 25.0 Å². The molecule has 0 saturated carbocycles. The minimum absolute atomic E-state index is 0.0107. The van der Waals surface area contributed by atoms with Gasteiger partial charge in [-0.25, -0.2) is 0 Å². The number of fused-ring (bicyclic) bond motifs is 3. The lowest BCUT2D eigenvalue weighted by molar-refractivity contribution is 0.660. The van der Waals surface area contributed by atoms with Crippen molar-refractivity contribution in [1.82, 2.24) is 0 Å². The van der Waals surface area contributed by atoms with E-state index in [4.69, 9.17) is 0 Å². The summed E-state index contributed by atoms with van der Waals surface area (Å²) in [4.78, 5) is 0. The van der Waals surface area contributed by atoms with E-state index in [-0.39, 0.29) is 5.41 Å². The van der Waals surface area contributed by atoms with Crippen LogP contribution in [-0.4, -0.2) is 8.80 Å². The summed E-state index contributed by atoms with van der Waals surface area (Å²) < 4.78 is 1.15. The maximum Gasteiger partial charge on any atom is 0.132 e. The molecular weight excluding hydrogens is 432 g/mol. The highest BCUT2D eigenvalue weighted by Crippen LogP contribution is 2.48. The van der Waals surface area contributed by atoms with Gasteiger partial charge in [0.05, 0.1) is 0 Å². The summed E-state index contributed by atoms with van der Waals surface area (Å²) >= 11 is 3.67. The van der Waals surface area contributed by atoms with Gasteiger partial charge in [-0.1, -0.05) is 130 Å². The number of rotatable bonds is 3. The Balaban J connectivity index is 1.69. The van der Waals surface area contributed by atoms with Crippen LogP contribution in [0.25, 0.3) is 11.1 Å². The van der Waals surface area contributed by atoms with Gasteiger partial charge in [0, 0.05) is 9.89 Å². The molecule has 29 heavy (non-hydrogen) atoms. The Morgan fingerprint density at radius 2 is 1.10 bits per heavy atom. The predicted molar refractivity (Wildman–Crippen MR) is 131 cm³/mol. The van der Waals surface area contributed by atoms with Crippen molar-refractivity contribution in [3.05, 3.63) is 113 Å². The van der Waals surface area contributed by atoms with Crippen LogP contribution in [-0.2, 0) is 5.41 Å². The second-order valence-corrected chi connectivity index (χ2v) is 12.2. The molecule has 0 aliphatic heterocycles. The first-order valence-corrected chi connectivity index (χ1v) is 12.6. The maximum atomic E-state index is 3.67. The molecule has 1 aliphatic carbocycles. The highest BCUT2D eigenvalue weighted by molar-refractivity contribution is 9.10. The molecule has 5 rings (SSSR count). The van der Waals surface area contributed by atoms with Crippen LogP contribution in [0.2, 0.25) is 0 Å². The molecule has 0 fully saturated rings. The molecule has 0 nitrogen and oxygen atoms in total. The fourth-order valence-corrected chi connectivity index (χ4v) is 8.13. The normalized spacial score (nSPS) is 13.9. The monoisotopic (exact) mass is 454 g/mol. The molecule has 0 heterocycles. The molecule has 2 heteroatoms.